The monoisotopic (exact) mass is 238 g/mol. The Morgan fingerprint density at radius 2 is 1.40 bits per heavy atom. The van der Waals surface area contributed by atoms with Gasteiger partial charge in [-0.1, -0.05) is 19.8 Å². The Hall–Kier alpha value is -0.460. The fourth-order valence-corrected chi connectivity index (χ4v) is 0.970. The molecule has 0 bridgehead atoms. The summed E-state index contributed by atoms with van der Waals surface area (Å²) in [5.41, 5.74) is 0. The Morgan fingerprint density at radius 3 is 1.73 bits per heavy atom. The van der Waals surface area contributed by atoms with Crippen molar-refractivity contribution in [2.45, 2.75) is 50.6 Å². The SMILES string of the molecule is CCCCCC(F)(F)C(O)(F)C(F)(F)F. The van der Waals surface area contributed by atoms with Gasteiger partial charge in [0.2, 0.25) is 0 Å². The van der Waals surface area contributed by atoms with Gasteiger partial charge in [0.15, 0.2) is 0 Å². The zero-order chi connectivity index (χ0) is 12.3. The molecule has 0 aromatic rings. The zero-order valence-electron chi connectivity index (χ0n) is 8.04. The highest BCUT2D eigenvalue weighted by molar-refractivity contribution is 4.90. The van der Waals surface area contributed by atoms with Crippen molar-refractivity contribution < 1.29 is 31.4 Å². The number of unbranched alkanes of at least 4 members (excludes halogenated alkanes) is 2. The van der Waals surface area contributed by atoms with E-state index >= 15 is 0 Å². The lowest BCUT2D eigenvalue weighted by Gasteiger charge is -2.30. The van der Waals surface area contributed by atoms with Gasteiger partial charge in [-0.05, 0) is 6.42 Å². The van der Waals surface area contributed by atoms with Crippen molar-refractivity contribution in [2.24, 2.45) is 0 Å². The predicted molar refractivity (Wildman–Crippen MR) is 41.2 cm³/mol. The Balaban J connectivity index is 4.56. The van der Waals surface area contributed by atoms with E-state index in [0.717, 1.165) is 0 Å². The van der Waals surface area contributed by atoms with Crippen molar-refractivity contribution >= 4 is 0 Å². The fourth-order valence-electron chi connectivity index (χ4n) is 0.970. The minimum atomic E-state index is -5.98. The van der Waals surface area contributed by atoms with E-state index in [1.807, 2.05) is 0 Å². The molecule has 92 valence electrons. The van der Waals surface area contributed by atoms with Crippen LogP contribution in [0, 0.1) is 0 Å². The number of aliphatic hydroxyl groups is 1. The number of hydrogen-bond donors (Lipinski definition) is 1. The molecule has 0 fully saturated rings. The highest BCUT2D eigenvalue weighted by Crippen LogP contribution is 2.45. The van der Waals surface area contributed by atoms with E-state index in [-0.39, 0.29) is 12.8 Å². The number of alkyl halides is 6. The third-order valence-electron chi connectivity index (χ3n) is 1.95. The smallest absolute Gasteiger partial charge is 0.350 e. The Morgan fingerprint density at radius 1 is 0.933 bits per heavy atom. The summed E-state index contributed by atoms with van der Waals surface area (Å²) in [6.45, 7) is 1.66. The van der Waals surface area contributed by atoms with Crippen LogP contribution in [-0.2, 0) is 0 Å². The normalized spacial score (nSPS) is 17.6. The van der Waals surface area contributed by atoms with Gasteiger partial charge in [-0.3, -0.25) is 0 Å². The molecule has 7 heteroatoms. The van der Waals surface area contributed by atoms with Crippen molar-refractivity contribution in [3.05, 3.63) is 0 Å². The summed E-state index contributed by atoms with van der Waals surface area (Å²) in [5, 5.41) is 8.14. The molecule has 1 N–H and O–H groups in total. The van der Waals surface area contributed by atoms with Gasteiger partial charge in [0, 0.05) is 6.42 Å². The summed E-state index contributed by atoms with van der Waals surface area (Å²) in [6.07, 6.45) is -6.82. The van der Waals surface area contributed by atoms with Gasteiger partial charge in [-0.2, -0.15) is 26.3 Å². The van der Waals surface area contributed by atoms with Gasteiger partial charge in [-0.15, -0.1) is 0 Å². The third kappa shape index (κ3) is 3.25. The van der Waals surface area contributed by atoms with Crippen LogP contribution >= 0.6 is 0 Å². The molecular formula is C8H12F6O. The lowest BCUT2D eigenvalue weighted by atomic mass is 10.0. The number of hydrogen-bond acceptors (Lipinski definition) is 1. The van der Waals surface area contributed by atoms with Crippen molar-refractivity contribution in [1.82, 2.24) is 0 Å². The molecule has 1 nitrogen and oxygen atoms in total. The summed E-state index contributed by atoms with van der Waals surface area (Å²) >= 11 is 0. The molecule has 0 amide bonds. The lowest BCUT2D eigenvalue weighted by Crippen LogP contribution is -2.55. The summed E-state index contributed by atoms with van der Waals surface area (Å²) < 4.78 is 73.0. The van der Waals surface area contributed by atoms with Crippen molar-refractivity contribution in [2.75, 3.05) is 0 Å². The molecule has 0 saturated heterocycles. The highest BCUT2D eigenvalue weighted by Gasteiger charge is 2.70. The van der Waals surface area contributed by atoms with Crippen LogP contribution in [0.5, 0.6) is 0 Å². The first kappa shape index (κ1) is 14.5. The molecule has 0 aliphatic carbocycles. The van der Waals surface area contributed by atoms with E-state index in [1.54, 1.807) is 6.92 Å². The molecule has 0 rings (SSSR count). The van der Waals surface area contributed by atoms with Gasteiger partial charge >= 0.3 is 18.0 Å². The van der Waals surface area contributed by atoms with E-state index in [0.29, 0.717) is 6.42 Å². The second kappa shape index (κ2) is 4.59. The molecule has 0 saturated carbocycles. The fraction of sp³-hybridized carbons (Fsp3) is 1.00. The van der Waals surface area contributed by atoms with E-state index in [1.165, 1.54) is 0 Å². The van der Waals surface area contributed by atoms with Crippen molar-refractivity contribution in [3.8, 4) is 0 Å². The summed E-state index contributed by atoms with van der Waals surface area (Å²) in [4.78, 5) is 0. The Labute approximate surface area is 83.1 Å². The molecule has 0 aliphatic rings. The maximum atomic E-state index is 12.7. The van der Waals surface area contributed by atoms with Crippen LogP contribution in [0.1, 0.15) is 32.6 Å². The van der Waals surface area contributed by atoms with Crippen LogP contribution in [0.2, 0.25) is 0 Å². The molecule has 1 unspecified atom stereocenters. The molecule has 1 atom stereocenters. The average Bonchev–Trinajstić information content (AvgIpc) is 2.02. The van der Waals surface area contributed by atoms with Gasteiger partial charge in [0.25, 0.3) is 0 Å². The summed E-state index contributed by atoms with van der Waals surface area (Å²) in [6, 6.07) is 0. The molecule has 0 spiro atoms. The van der Waals surface area contributed by atoms with Crippen LogP contribution < -0.4 is 0 Å². The molecule has 0 radical (unpaired) electrons. The first-order chi connectivity index (χ1) is 6.56. The zero-order valence-corrected chi connectivity index (χ0v) is 8.04. The van der Waals surface area contributed by atoms with Crippen LogP contribution in [0.25, 0.3) is 0 Å². The van der Waals surface area contributed by atoms with Crippen LogP contribution in [-0.4, -0.2) is 23.1 Å². The first-order valence-corrected chi connectivity index (χ1v) is 4.42. The molecular weight excluding hydrogens is 226 g/mol. The maximum absolute atomic E-state index is 12.7. The maximum Gasteiger partial charge on any atom is 0.454 e. The lowest BCUT2D eigenvalue weighted by molar-refractivity contribution is -0.386. The molecule has 0 heterocycles. The van der Waals surface area contributed by atoms with Gasteiger partial charge < -0.3 is 5.11 Å². The second-order valence-electron chi connectivity index (χ2n) is 3.28. The quantitative estimate of drug-likeness (QED) is 0.574. The van der Waals surface area contributed by atoms with E-state index in [2.05, 4.69) is 0 Å². The first-order valence-electron chi connectivity index (χ1n) is 4.42. The van der Waals surface area contributed by atoms with Crippen LogP contribution in [0.3, 0.4) is 0 Å². The minimum absolute atomic E-state index is 0.253. The Bertz CT molecular complexity index is 198. The van der Waals surface area contributed by atoms with E-state index in [9.17, 15) is 26.3 Å². The third-order valence-corrected chi connectivity index (χ3v) is 1.95. The topological polar surface area (TPSA) is 20.2 Å². The van der Waals surface area contributed by atoms with Crippen LogP contribution in [0.15, 0.2) is 0 Å². The summed E-state index contributed by atoms with van der Waals surface area (Å²) in [7, 11) is 0. The van der Waals surface area contributed by atoms with Crippen LogP contribution in [0.4, 0.5) is 26.3 Å². The molecule has 0 aromatic carbocycles. The standard InChI is InChI=1S/C8H12F6O/c1-2-3-4-5-6(9,10)7(11,15)8(12,13)14/h15H,2-5H2,1H3. The molecule has 0 aliphatic heterocycles. The van der Waals surface area contributed by atoms with Gasteiger partial charge in [0.1, 0.15) is 0 Å². The highest BCUT2D eigenvalue weighted by atomic mass is 19.4. The number of rotatable bonds is 5. The minimum Gasteiger partial charge on any atom is -0.350 e. The van der Waals surface area contributed by atoms with E-state index in [4.69, 9.17) is 5.11 Å². The van der Waals surface area contributed by atoms with Gasteiger partial charge in [-0.25, -0.2) is 0 Å². The second-order valence-corrected chi connectivity index (χ2v) is 3.28. The van der Waals surface area contributed by atoms with Crippen molar-refractivity contribution in [3.63, 3.8) is 0 Å². The predicted octanol–water partition coefficient (Wildman–Crippen LogP) is 3.42. The Kier molecular flexibility index (Phi) is 4.45. The summed E-state index contributed by atoms with van der Waals surface area (Å²) in [5.74, 6) is -10.3. The van der Waals surface area contributed by atoms with E-state index < -0.39 is 24.4 Å². The average molecular weight is 238 g/mol. The van der Waals surface area contributed by atoms with Gasteiger partial charge in [0.05, 0.1) is 0 Å². The number of halogens is 6. The van der Waals surface area contributed by atoms with Crippen molar-refractivity contribution in [1.29, 1.82) is 0 Å². The molecule has 0 aromatic heterocycles. The largest absolute Gasteiger partial charge is 0.454 e. The molecule has 15 heavy (non-hydrogen) atoms.